The molecule has 2 aromatic rings. The fourth-order valence-electron chi connectivity index (χ4n) is 3.99. The van der Waals surface area contributed by atoms with Crippen LogP contribution in [0.15, 0.2) is 24.3 Å². The molecular formula is C21H20F4O2. The Kier molecular flexibility index (Phi) is 4.95. The van der Waals surface area contributed by atoms with Gasteiger partial charge < -0.3 is 9.84 Å². The van der Waals surface area contributed by atoms with E-state index in [1.165, 1.54) is 24.3 Å². The molecule has 2 aliphatic rings. The van der Waals surface area contributed by atoms with Crippen molar-refractivity contribution in [1.29, 1.82) is 0 Å². The van der Waals surface area contributed by atoms with Gasteiger partial charge in [0.25, 0.3) is 0 Å². The molecule has 2 nitrogen and oxygen atoms in total. The first-order chi connectivity index (χ1) is 13.0. The number of benzene rings is 2. The molecule has 144 valence electrons. The van der Waals surface area contributed by atoms with Crippen LogP contribution in [-0.4, -0.2) is 18.3 Å². The van der Waals surface area contributed by atoms with Crippen molar-refractivity contribution in [2.75, 3.05) is 13.2 Å². The molecule has 27 heavy (non-hydrogen) atoms. The molecule has 1 aliphatic heterocycles. The Bertz CT molecular complexity index is 856. The molecule has 6 heteroatoms. The van der Waals surface area contributed by atoms with Gasteiger partial charge in [0.2, 0.25) is 0 Å². The number of epoxide rings is 1. The van der Waals surface area contributed by atoms with Crippen LogP contribution in [0.2, 0.25) is 0 Å². The standard InChI is InChI=1S/C21H20F4O2/c22-18-13(12-3-1-11(9-26)2-4-12)5-6-14(19(18)23)15-7-8-16(17-10-27-17)21(25)20(15)24/h5-8,11-12,17,26H,1-4,9-10H2. The lowest BCUT2D eigenvalue weighted by Crippen LogP contribution is -2.17. The summed E-state index contributed by atoms with van der Waals surface area (Å²) in [5.74, 6) is -4.37. The third-order valence-corrected chi connectivity index (χ3v) is 5.74. The smallest absolute Gasteiger partial charge is 0.167 e. The van der Waals surface area contributed by atoms with Crippen molar-refractivity contribution < 1.29 is 27.4 Å². The third kappa shape index (κ3) is 3.36. The number of ether oxygens (including phenoxy) is 1. The van der Waals surface area contributed by atoms with Crippen LogP contribution in [0.5, 0.6) is 0 Å². The van der Waals surface area contributed by atoms with E-state index in [-0.39, 0.29) is 40.7 Å². The molecule has 4 rings (SSSR count). The van der Waals surface area contributed by atoms with Crippen molar-refractivity contribution in [1.82, 2.24) is 0 Å². The predicted octanol–water partition coefficient (Wildman–Crippen LogP) is 5.25. The topological polar surface area (TPSA) is 32.8 Å². The molecule has 1 heterocycles. The zero-order chi connectivity index (χ0) is 19.1. The van der Waals surface area contributed by atoms with E-state index < -0.39 is 29.4 Å². The van der Waals surface area contributed by atoms with Crippen LogP contribution >= 0.6 is 0 Å². The summed E-state index contributed by atoms with van der Waals surface area (Å²) in [6, 6.07) is 5.40. The van der Waals surface area contributed by atoms with Crippen LogP contribution in [0.25, 0.3) is 11.1 Å². The zero-order valence-corrected chi connectivity index (χ0v) is 14.7. The predicted molar refractivity (Wildman–Crippen MR) is 92.2 cm³/mol. The Balaban J connectivity index is 1.66. The summed E-state index contributed by atoms with van der Waals surface area (Å²) in [7, 11) is 0. The molecule has 2 aromatic carbocycles. The second-order valence-corrected chi connectivity index (χ2v) is 7.38. The number of hydrogen-bond acceptors (Lipinski definition) is 2. The van der Waals surface area contributed by atoms with Gasteiger partial charge in [-0.3, -0.25) is 0 Å². The van der Waals surface area contributed by atoms with Gasteiger partial charge in [-0.05, 0) is 43.1 Å². The molecule has 0 amide bonds. The van der Waals surface area contributed by atoms with Gasteiger partial charge in [-0.25, -0.2) is 17.6 Å². The number of aliphatic hydroxyl groups excluding tert-OH is 1. The van der Waals surface area contributed by atoms with Crippen LogP contribution in [0.3, 0.4) is 0 Å². The first-order valence-electron chi connectivity index (χ1n) is 9.19. The molecule has 2 fully saturated rings. The van der Waals surface area contributed by atoms with E-state index in [0.717, 1.165) is 12.8 Å². The highest BCUT2D eigenvalue weighted by atomic mass is 19.2. The van der Waals surface area contributed by atoms with Gasteiger partial charge in [0, 0.05) is 23.3 Å². The van der Waals surface area contributed by atoms with E-state index >= 15 is 0 Å². The molecule has 0 aromatic heterocycles. The highest BCUT2D eigenvalue weighted by Gasteiger charge is 2.31. The Morgan fingerprint density at radius 1 is 0.778 bits per heavy atom. The lowest BCUT2D eigenvalue weighted by molar-refractivity contribution is 0.181. The molecule has 1 N–H and O–H groups in total. The minimum atomic E-state index is -1.20. The zero-order valence-electron chi connectivity index (χ0n) is 14.7. The first kappa shape index (κ1) is 18.4. The first-order valence-corrected chi connectivity index (χ1v) is 9.19. The van der Waals surface area contributed by atoms with Crippen molar-refractivity contribution in [3.8, 4) is 11.1 Å². The van der Waals surface area contributed by atoms with Crippen molar-refractivity contribution >= 4 is 0 Å². The number of rotatable bonds is 4. The summed E-state index contributed by atoms with van der Waals surface area (Å²) >= 11 is 0. The summed E-state index contributed by atoms with van der Waals surface area (Å²) in [5.41, 5.74) is -0.241. The van der Waals surface area contributed by atoms with E-state index in [2.05, 4.69) is 0 Å². The average molecular weight is 380 g/mol. The fourth-order valence-corrected chi connectivity index (χ4v) is 3.99. The van der Waals surface area contributed by atoms with Gasteiger partial charge in [0.05, 0.1) is 6.61 Å². The summed E-state index contributed by atoms with van der Waals surface area (Å²) in [6.07, 6.45) is 2.38. The van der Waals surface area contributed by atoms with E-state index in [1.807, 2.05) is 0 Å². The molecule has 0 radical (unpaired) electrons. The average Bonchev–Trinajstić information content (AvgIpc) is 3.52. The minimum Gasteiger partial charge on any atom is -0.396 e. The summed E-state index contributed by atoms with van der Waals surface area (Å²) in [5, 5.41) is 9.21. The maximum absolute atomic E-state index is 14.7. The summed E-state index contributed by atoms with van der Waals surface area (Å²) in [6.45, 7) is 0.432. The van der Waals surface area contributed by atoms with Gasteiger partial charge in [-0.2, -0.15) is 0 Å². The van der Waals surface area contributed by atoms with Crippen LogP contribution in [0.1, 0.15) is 48.8 Å². The van der Waals surface area contributed by atoms with Gasteiger partial charge in [-0.1, -0.05) is 24.3 Å². The Labute approximate surface area is 154 Å². The molecule has 0 bridgehead atoms. The molecular weight excluding hydrogens is 360 g/mol. The van der Waals surface area contributed by atoms with E-state index in [0.29, 0.717) is 19.4 Å². The monoisotopic (exact) mass is 380 g/mol. The van der Waals surface area contributed by atoms with Crippen molar-refractivity contribution in [2.45, 2.75) is 37.7 Å². The van der Waals surface area contributed by atoms with Crippen LogP contribution < -0.4 is 0 Å². The Hall–Kier alpha value is -1.92. The summed E-state index contributed by atoms with van der Waals surface area (Å²) in [4.78, 5) is 0. The molecule has 1 saturated carbocycles. The van der Waals surface area contributed by atoms with E-state index in [9.17, 15) is 22.7 Å². The van der Waals surface area contributed by atoms with Gasteiger partial charge in [-0.15, -0.1) is 0 Å². The highest BCUT2D eigenvalue weighted by Crippen LogP contribution is 2.40. The van der Waals surface area contributed by atoms with Crippen LogP contribution in [0, 0.1) is 29.2 Å². The van der Waals surface area contributed by atoms with Crippen molar-refractivity contribution in [3.63, 3.8) is 0 Å². The number of halogens is 4. The maximum Gasteiger partial charge on any atom is 0.167 e. The highest BCUT2D eigenvalue weighted by molar-refractivity contribution is 5.66. The van der Waals surface area contributed by atoms with E-state index in [4.69, 9.17) is 4.74 Å². The quantitative estimate of drug-likeness (QED) is 0.581. The fraction of sp³-hybridized carbons (Fsp3) is 0.429. The van der Waals surface area contributed by atoms with Gasteiger partial charge in [0.1, 0.15) is 6.10 Å². The second kappa shape index (κ2) is 7.24. The Morgan fingerprint density at radius 2 is 1.30 bits per heavy atom. The Morgan fingerprint density at radius 3 is 1.81 bits per heavy atom. The molecule has 1 unspecified atom stereocenters. The van der Waals surface area contributed by atoms with Crippen molar-refractivity contribution in [3.05, 3.63) is 58.7 Å². The molecule has 1 saturated heterocycles. The largest absolute Gasteiger partial charge is 0.396 e. The second-order valence-electron chi connectivity index (χ2n) is 7.38. The molecule has 0 spiro atoms. The number of aliphatic hydroxyl groups is 1. The lowest BCUT2D eigenvalue weighted by Gasteiger charge is -2.28. The van der Waals surface area contributed by atoms with Crippen LogP contribution in [0.4, 0.5) is 17.6 Å². The maximum atomic E-state index is 14.7. The van der Waals surface area contributed by atoms with Crippen LogP contribution in [-0.2, 0) is 4.74 Å². The van der Waals surface area contributed by atoms with Gasteiger partial charge >= 0.3 is 0 Å². The number of hydrogen-bond donors (Lipinski definition) is 1. The third-order valence-electron chi connectivity index (χ3n) is 5.74. The SMILES string of the molecule is OCC1CCC(c2ccc(-c3ccc(C4CO4)c(F)c3F)c(F)c2F)CC1. The van der Waals surface area contributed by atoms with E-state index in [1.54, 1.807) is 0 Å². The normalized spacial score (nSPS) is 24.9. The van der Waals surface area contributed by atoms with Crippen molar-refractivity contribution in [2.24, 2.45) is 5.92 Å². The van der Waals surface area contributed by atoms with Gasteiger partial charge in [0.15, 0.2) is 23.3 Å². The molecule has 1 atom stereocenters. The minimum absolute atomic E-state index is 0.0920. The molecule has 1 aliphatic carbocycles. The lowest BCUT2D eigenvalue weighted by atomic mass is 9.78. The summed E-state index contributed by atoms with van der Waals surface area (Å²) < 4.78 is 63.0.